The van der Waals surface area contributed by atoms with Gasteiger partial charge >= 0.3 is 0 Å². The number of amides is 1. The number of piperidine rings is 1. The molecule has 1 aromatic rings. The summed E-state index contributed by atoms with van der Waals surface area (Å²) in [5.41, 5.74) is 0.189. The van der Waals surface area contributed by atoms with Crippen LogP contribution in [0.1, 0.15) is 37.7 Å². The summed E-state index contributed by atoms with van der Waals surface area (Å²) in [6, 6.07) is 4.40. The Balaban J connectivity index is 0.00000176. The first kappa shape index (κ1) is 17.2. The third kappa shape index (κ3) is 4.17. The summed E-state index contributed by atoms with van der Waals surface area (Å²) < 4.78 is 26.5. The molecule has 0 saturated carbocycles. The van der Waals surface area contributed by atoms with Gasteiger partial charge in [0.05, 0.1) is 0 Å². The molecule has 0 spiro atoms. The molecule has 2 N–H and O–H groups in total. The van der Waals surface area contributed by atoms with Crippen LogP contribution >= 0.6 is 12.4 Å². The normalized spacial score (nSPS) is 26.4. The molecule has 22 heavy (non-hydrogen) atoms. The molecule has 3 rings (SSSR count). The molecule has 3 nitrogen and oxygen atoms in total. The van der Waals surface area contributed by atoms with Crippen molar-refractivity contribution in [1.82, 2.24) is 10.6 Å². The molecule has 2 saturated heterocycles. The van der Waals surface area contributed by atoms with Crippen LogP contribution in [0.25, 0.3) is 0 Å². The molecule has 0 aromatic heterocycles. The van der Waals surface area contributed by atoms with Crippen molar-refractivity contribution in [3.05, 3.63) is 35.4 Å². The lowest BCUT2D eigenvalue weighted by molar-refractivity contribution is -0.122. The Hall–Kier alpha value is -1.20. The van der Waals surface area contributed by atoms with Crippen molar-refractivity contribution in [3.63, 3.8) is 0 Å². The molecule has 1 amide bonds. The fraction of sp³-hybridized carbons (Fsp3) is 0.562. The van der Waals surface area contributed by atoms with E-state index < -0.39 is 11.6 Å². The SMILES string of the molecule is Cl.O=C(CC1CC2CCC(C1)N2)NCc1cc(F)ccc1F. The second-order valence-corrected chi connectivity index (χ2v) is 6.19. The van der Waals surface area contributed by atoms with Gasteiger partial charge in [0.25, 0.3) is 0 Å². The number of rotatable bonds is 4. The van der Waals surface area contributed by atoms with Crippen LogP contribution in [0.2, 0.25) is 0 Å². The molecule has 1 aromatic carbocycles. The first-order valence-corrected chi connectivity index (χ1v) is 7.57. The molecule has 2 unspecified atom stereocenters. The average molecular weight is 331 g/mol. The molecule has 6 heteroatoms. The van der Waals surface area contributed by atoms with Gasteiger partial charge < -0.3 is 10.6 Å². The van der Waals surface area contributed by atoms with Gasteiger partial charge in [-0.1, -0.05) is 0 Å². The second-order valence-electron chi connectivity index (χ2n) is 6.19. The number of fused-ring (bicyclic) bond motifs is 2. The maximum atomic E-state index is 13.5. The van der Waals surface area contributed by atoms with E-state index in [1.54, 1.807) is 0 Å². The van der Waals surface area contributed by atoms with Gasteiger partial charge in [0.1, 0.15) is 11.6 Å². The molecule has 2 aliphatic rings. The second kappa shape index (κ2) is 7.38. The molecule has 2 bridgehead atoms. The van der Waals surface area contributed by atoms with Crippen LogP contribution in [-0.4, -0.2) is 18.0 Å². The summed E-state index contributed by atoms with van der Waals surface area (Å²) in [5, 5.41) is 6.24. The Bertz CT molecular complexity index is 529. The van der Waals surface area contributed by atoms with E-state index >= 15 is 0 Å². The van der Waals surface area contributed by atoms with Gasteiger partial charge in [0.2, 0.25) is 5.91 Å². The van der Waals surface area contributed by atoms with E-state index in [4.69, 9.17) is 0 Å². The van der Waals surface area contributed by atoms with Gasteiger partial charge in [-0.3, -0.25) is 4.79 Å². The Morgan fingerprint density at radius 3 is 2.59 bits per heavy atom. The number of hydrogen-bond donors (Lipinski definition) is 2. The number of nitrogens with one attached hydrogen (secondary N) is 2. The van der Waals surface area contributed by atoms with Crippen molar-refractivity contribution in [2.24, 2.45) is 5.92 Å². The van der Waals surface area contributed by atoms with E-state index in [1.165, 1.54) is 12.8 Å². The summed E-state index contributed by atoms with van der Waals surface area (Å²) in [6.07, 6.45) is 4.97. The summed E-state index contributed by atoms with van der Waals surface area (Å²) >= 11 is 0. The zero-order valence-corrected chi connectivity index (χ0v) is 13.1. The van der Waals surface area contributed by atoms with E-state index in [1.807, 2.05) is 0 Å². The topological polar surface area (TPSA) is 41.1 Å². The highest BCUT2D eigenvalue weighted by atomic mass is 35.5. The minimum Gasteiger partial charge on any atom is -0.352 e. The quantitative estimate of drug-likeness (QED) is 0.891. The number of carbonyl (C=O) groups is 1. The predicted octanol–water partition coefficient (Wildman–Crippen LogP) is 2.92. The number of benzene rings is 1. The Kier molecular flexibility index (Phi) is 5.75. The molecule has 0 radical (unpaired) electrons. The lowest BCUT2D eigenvalue weighted by Gasteiger charge is -2.28. The first-order valence-electron chi connectivity index (χ1n) is 7.57. The summed E-state index contributed by atoms with van der Waals surface area (Å²) in [4.78, 5) is 12.0. The van der Waals surface area contributed by atoms with E-state index in [0.29, 0.717) is 24.4 Å². The smallest absolute Gasteiger partial charge is 0.220 e. The number of hydrogen-bond acceptors (Lipinski definition) is 2. The molecule has 2 fully saturated rings. The highest BCUT2D eigenvalue weighted by molar-refractivity contribution is 5.85. The number of halogens is 3. The molecule has 0 aliphatic carbocycles. The molecule has 122 valence electrons. The largest absolute Gasteiger partial charge is 0.352 e. The molecular formula is C16H21ClF2N2O. The van der Waals surface area contributed by atoms with Crippen molar-refractivity contribution < 1.29 is 13.6 Å². The summed E-state index contributed by atoms with van der Waals surface area (Å²) in [7, 11) is 0. The van der Waals surface area contributed by atoms with Crippen LogP contribution in [0.3, 0.4) is 0 Å². The Morgan fingerprint density at radius 1 is 1.23 bits per heavy atom. The van der Waals surface area contributed by atoms with Gasteiger partial charge in [-0.25, -0.2) is 8.78 Å². The zero-order valence-electron chi connectivity index (χ0n) is 12.3. The van der Waals surface area contributed by atoms with Crippen LogP contribution in [0, 0.1) is 17.6 Å². The maximum Gasteiger partial charge on any atom is 0.220 e. The summed E-state index contributed by atoms with van der Waals surface area (Å²) in [5.74, 6) is -0.654. The van der Waals surface area contributed by atoms with Crippen molar-refractivity contribution in [3.8, 4) is 0 Å². The van der Waals surface area contributed by atoms with Crippen molar-refractivity contribution >= 4 is 18.3 Å². The molecule has 2 aliphatic heterocycles. The highest BCUT2D eigenvalue weighted by Crippen LogP contribution is 2.32. The monoisotopic (exact) mass is 330 g/mol. The van der Waals surface area contributed by atoms with Crippen molar-refractivity contribution in [2.75, 3.05) is 0 Å². The van der Waals surface area contributed by atoms with E-state index in [9.17, 15) is 13.6 Å². The first-order chi connectivity index (χ1) is 10.1. The molecule has 2 heterocycles. The zero-order chi connectivity index (χ0) is 14.8. The lowest BCUT2D eigenvalue weighted by Crippen LogP contribution is -2.39. The van der Waals surface area contributed by atoms with E-state index in [-0.39, 0.29) is 30.4 Å². The fourth-order valence-corrected chi connectivity index (χ4v) is 3.55. The van der Waals surface area contributed by atoms with Crippen molar-refractivity contribution in [1.29, 1.82) is 0 Å². The minimum absolute atomic E-state index is 0. The average Bonchev–Trinajstić information content (AvgIpc) is 2.79. The van der Waals surface area contributed by atoms with Crippen LogP contribution in [-0.2, 0) is 11.3 Å². The van der Waals surface area contributed by atoms with Gasteiger partial charge in [-0.05, 0) is 49.8 Å². The fourth-order valence-electron chi connectivity index (χ4n) is 3.55. The van der Waals surface area contributed by atoms with Gasteiger partial charge in [0.15, 0.2) is 0 Å². The van der Waals surface area contributed by atoms with Crippen LogP contribution in [0.5, 0.6) is 0 Å². The van der Waals surface area contributed by atoms with Crippen LogP contribution in [0.4, 0.5) is 8.78 Å². The Labute approximate surface area is 135 Å². The summed E-state index contributed by atoms with van der Waals surface area (Å²) in [6.45, 7) is 0.0419. The molecule has 2 atom stereocenters. The maximum absolute atomic E-state index is 13.5. The minimum atomic E-state index is -0.490. The van der Waals surface area contributed by atoms with Crippen LogP contribution < -0.4 is 10.6 Å². The van der Waals surface area contributed by atoms with Gasteiger partial charge in [-0.2, -0.15) is 0 Å². The van der Waals surface area contributed by atoms with Gasteiger partial charge in [-0.15, -0.1) is 12.4 Å². The van der Waals surface area contributed by atoms with E-state index in [0.717, 1.165) is 31.0 Å². The van der Waals surface area contributed by atoms with Crippen LogP contribution in [0.15, 0.2) is 18.2 Å². The third-order valence-corrected chi connectivity index (χ3v) is 4.53. The lowest BCUT2D eigenvalue weighted by atomic mass is 9.89. The Morgan fingerprint density at radius 2 is 1.91 bits per heavy atom. The molecular weight excluding hydrogens is 310 g/mol. The third-order valence-electron chi connectivity index (χ3n) is 4.53. The van der Waals surface area contributed by atoms with Gasteiger partial charge in [0, 0.05) is 30.6 Å². The predicted molar refractivity (Wildman–Crippen MR) is 82.7 cm³/mol. The van der Waals surface area contributed by atoms with E-state index in [2.05, 4.69) is 10.6 Å². The standard InChI is InChI=1S/C16H20F2N2O.ClH/c17-12-1-4-15(18)11(8-12)9-19-16(21)7-10-5-13-2-3-14(6-10)20-13;/h1,4,8,10,13-14,20H,2-3,5-7,9H2,(H,19,21);1H. The highest BCUT2D eigenvalue weighted by Gasteiger charge is 2.34. The van der Waals surface area contributed by atoms with Crippen molar-refractivity contribution in [2.45, 2.75) is 50.7 Å². The number of carbonyl (C=O) groups excluding carboxylic acids is 1.